The van der Waals surface area contributed by atoms with E-state index in [0.717, 1.165) is 28.2 Å². The lowest BCUT2D eigenvalue weighted by atomic mass is 10.0. The van der Waals surface area contributed by atoms with E-state index in [0.29, 0.717) is 5.69 Å². The second-order valence-electron chi connectivity index (χ2n) is 6.25. The van der Waals surface area contributed by atoms with Gasteiger partial charge in [-0.2, -0.15) is 5.26 Å². The monoisotopic (exact) mass is 375 g/mol. The summed E-state index contributed by atoms with van der Waals surface area (Å²) in [6.07, 6.45) is 1.64. The highest BCUT2D eigenvalue weighted by Gasteiger charge is 2.26. The van der Waals surface area contributed by atoms with Crippen molar-refractivity contribution in [3.63, 3.8) is 0 Å². The van der Waals surface area contributed by atoms with Gasteiger partial charge >= 0.3 is 0 Å². The Morgan fingerprint density at radius 2 is 1.57 bits per heavy atom. The van der Waals surface area contributed by atoms with Crippen molar-refractivity contribution in [2.45, 2.75) is 9.79 Å². The highest BCUT2D eigenvalue weighted by Crippen LogP contribution is 2.52. The first-order chi connectivity index (χ1) is 13.9. The molecule has 0 fully saturated rings. The van der Waals surface area contributed by atoms with Crippen LogP contribution in [0.1, 0.15) is 5.69 Å². The molecule has 0 atom stereocenters. The number of fused-ring (bicyclic) bond motifs is 2. The van der Waals surface area contributed by atoms with E-state index in [-0.39, 0.29) is 0 Å². The number of nitriles is 1. The third kappa shape index (κ3) is 2.60. The van der Waals surface area contributed by atoms with Gasteiger partial charge in [-0.15, -0.1) is 0 Å². The average molecular weight is 375 g/mol. The molecule has 4 heteroatoms. The number of rotatable bonds is 2. The Balaban J connectivity index is 1.79. The molecule has 0 radical (unpaired) electrons. The van der Waals surface area contributed by atoms with Crippen LogP contribution in [0.4, 0.5) is 17.1 Å². The Morgan fingerprint density at radius 1 is 0.857 bits per heavy atom. The molecule has 3 nitrogen and oxygen atoms in total. The van der Waals surface area contributed by atoms with Gasteiger partial charge in [-0.05, 0) is 48.5 Å². The van der Waals surface area contributed by atoms with Crippen LogP contribution in [-0.2, 0) is 0 Å². The number of anilines is 3. The van der Waals surface area contributed by atoms with Crippen molar-refractivity contribution in [1.82, 2.24) is 4.98 Å². The summed E-state index contributed by atoms with van der Waals surface area (Å²) in [4.78, 5) is 8.84. The van der Waals surface area contributed by atoms with Gasteiger partial charge in [-0.1, -0.05) is 48.2 Å². The van der Waals surface area contributed by atoms with Gasteiger partial charge < -0.3 is 4.90 Å². The van der Waals surface area contributed by atoms with E-state index in [1.54, 1.807) is 18.0 Å². The van der Waals surface area contributed by atoms with Crippen molar-refractivity contribution in [3.8, 4) is 17.2 Å². The SMILES string of the molecule is N#Cc1ncccc1-c1c#cccc1N1c2ccccc2Sc2ccccc21. The van der Waals surface area contributed by atoms with Crippen molar-refractivity contribution in [1.29, 1.82) is 5.26 Å². The van der Waals surface area contributed by atoms with E-state index in [2.05, 4.69) is 64.5 Å². The fourth-order valence-corrected chi connectivity index (χ4v) is 4.49. The lowest BCUT2D eigenvalue weighted by molar-refractivity contribution is 1.16. The Bertz CT molecular complexity index is 1180. The van der Waals surface area contributed by atoms with Crippen LogP contribution in [0, 0.1) is 23.5 Å². The number of benzene rings is 2. The summed E-state index contributed by atoms with van der Waals surface area (Å²) >= 11 is 1.77. The summed E-state index contributed by atoms with van der Waals surface area (Å²) in [5.74, 6) is 0. The minimum Gasteiger partial charge on any atom is -0.307 e. The molecule has 0 saturated carbocycles. The molecule has 0 bridgehead atoms. The van der Waals surface area contributed by atoms with Crippen LogP contribution in [0.3, 0.4) is 0 Å². The Hall–Kier alpha value is -3.73. The molecule has 0 spiro atoms. The second kappa shape index (κ2) is 6.78. The zero-order chi connectivity index (χ0) is 18.9. The minimum absolute atomic E-state index is 0.382. The zero-order valence-electron chi connectivity index (χ0n) is 14.8. The van der Waals surface area contributed by atoms with Gasteiger partial charge in [-0.3, -0.25) is 0 Å². The van der Waals surface area contributed by atoms with E-state index in [1.807, 2.05) is 36.4 Å². The average Bonchev–Trinajstić information content (AvgIpc) is 2.77. The second-order valence-corrected chi connectivity index (χ2v) is 7.33. The molecule has 0 saturated heterocycles. The van der Waals surface area contributed by atoms with Gasteiger partial charge in [0.25, 0.3) is 0 Å². The number of hydrogen-bond acceptors (Lipinski definition) is 4. The lowest BCUT2D eigenvalue weighted by Gasteiger charge is -2.33. The number of hydrogen-bond donors (Lipinski definition) is 0. The van der Waals surface area contributed by atoms with Crippen LogP contribution >= 0.6 is 11.8 Å². The molecule has 0 aliphatic carbocycles. The van der Waals surface area contributed by atoms with Crippen molar-refractivity contribution < 1.29 is 0 Å². The van der Waals surface area contributed by atoms with Crippen molar-refractivity contribution in [2.24, 2.45) is 0 Å². The zero-order valence-corrected chi connectivity index (χ0v) is 15.6. The Kier molecular flexibility index (Phi) is 3.98. The standard InChI is InChI=1S/C24H13N3S/c25-16-19-17(9-7-15-26-19)18-8-1-2-10-20(18)27-21-11-3-5-13-23(21)28-24-14-6-4-12-22(24)27/h2-7,9-15H. The fraction of sp³-hybridized carbons (Fsp3) is 0. The van der Waals surface area contributed by atoms with Crippen LogP contribution < -0.4 is 4.90 Å². The van der Waals surface area contributed by atoms with Gasteiger partial charge in [0.2, 0.25) is 0 Å². The maximum Gasteiger partial charge on any atom is 0.148 e. The van der Waals surface area contributed by atoms with Gasteiger partial charge in [0, 0.05) is 21.6 Å². The van der Waals surface area contributed by atoms with Gasteiger partial charge in [0.05, 0.1) is 22.6 Å². The molecule has 1 aliphatic heterocycles. The molecular weight excluding hydrogens is 362 g/mol. The quantitative estimate of drug-likeness (QED) is 0.371. The van der Waals surface area contributed by atoms with Crippen LogP contribution in [0.15, 0.2) is 88.8 Å². The summed E-state index contributed by atoms with van der Waals surface area (Å²) in [6.45, 7) is 0. The molecule has 1 aliphatic rings. The van der Waals surface area contributed by atoms with E-state index >= 15 is 0 Å². The first-order valence-electron chi connectivity index (χ1n) is 8.81. The predicted octanol–water partition coefficient (Wildman–Crippen LogP) is 6.16. The highest BCUT2D eigenvalue weighted by molar-refractivity contribution is 7.99. The largest absolute Gasteiger partial charge is 0.307 e. The van der Waals surface area contributed by atoms with Gasteiger partial charge in [0.15, 0.2) is 0 Å². The van der Waals surface area contributed by atoms with Gasteiger partial charge in [-0.25, -0.2) is 4.98 Å². The van der Waals surface area contributed by atoms with Crippen LogP contribution in [-0.4, -0.2) is 4.98 Å². The summed E-state index contributed by atoms with van der Waals surface area (Å²) in [6, 6.07) is 32.8. The van der Waals surface area contributed by atoms with E-state index < -0.39 is 0 Å². The Labute approximate surface area is 167 Å². The minimum atomic E-state index is 0.382. The van der Waals surface area contributed by atoms with Crippen molar-refractivity contribution in [3.05, 3.63) is 96.8 Å². The summed E-state index contributed by atoms with van der Waals surface area (Å²) < 4.78 is 0. The number of nitrogens with zero attached hydrogens (tertiary/aromatic N) is 3. The third-order valence-electron chi connectivity index (χ3n) is 4.63. The molecule has 5 rings (SSSR count). The van der Waals surface area contributed by atoms with Crippen LogP contribution in [0.5, 0.6) is 0 Å². The van der Waals surface area contributed by atoms with E-state index in [9.17, 15) is 5.26 Å². The topological polar surface area (TPSA) is 39.9 Å². The maximum atomic E-state index is 9.54. The molecule has 0 unspecified atom stereocenters. The molecule has 3 aromatic carbocycles. The molecule has 130 valence electrons. The molecule has 1 aromatic heterocycles. The normalized spacial score (nSPS) is 11.8. The molecule has 4 aromatic rings. The number of para-hydroxylation sites is 2. The predicted molar refractivity (Wildman–Crippen MR) is 111 cm³/mol. The van der Waals surface area contributed by atoms with Crippen LogP contribution in [0.25, 0.3) is 11.1 Å². The molecule has 0 N–H and O–H groups in total. The van der Waals surface area contributed by atoms with E-state index in [1.165, 1.54) is 9.79 Å². The molecule has 0 amide bonds. The lowest BCUT2D eigenvalue weighted by Crippen LogP contribution is -2.15. The van der Waals surface area contributed by atoms with Crippen LogP contribution in [0.2, 0.25) is 0 Å². The third-order valence-corrected chi connectivity index (χ3v) is 5.76. The summed E-state index contributed by atoms with van der Waals surface area (Å²) in [5, 5.41) is 9.54. The highest BCUT2D eigenvalue weighted by atomic mass is 32.2. The van der Waals surface area contributed by atoms with Gasteiger partial charge in [0.1, 0.15) is 11.8 Å². The fourth-order valence-electron chi connectivity index (χ4n) is 3.43. The smallest absolute Gasteiger partial charge is 0.148 e. The summed E-state index contributed by atoms with van der Waals surface area (Å²) in [5.41, 5.74) is 5.11. The Morgan fingerprint density at radius 3 is 2.29 bits per heavy atom. The summed E-state index contributed by atoms with van der Waals surface area (Å²) in [7, 11) is 0. The molecule has 28 heavy (non-hydrogen) atoms. The van der Waals surface area contributed by atoms with E-state index in [4.69, 9.17) is 0 Å². The van der Waals surface area contributed by atoms with Crippen molar-refractivity contribution >= 4 is 28.8 Å². The first kappa shape index (κ1) is 16.4. The number of aromatic nitrogens is 1. The first-order valence-corrected chi connectivity index (χ1v) is 9.62. The molecule has 2 heterocycles. The maximum absolute atomic E-state index is 9.54. The van der Waals surface area contributed by atoms with Crippen molar-refractivity contribution in [2.75, 3.05) is 4.90 Å². The number of pyridine rings is 1. The molecular formula is C24H13N3S.